The lowest BCUT2D eigenvalue weighted by atomic mass is 10.1. The zero-order valence-corrected chi connectivity index (χ0v) is 17.1. The fourth-order valence-corrected chi connectivity index (χ4v) is 3.09. The molecule has 1 aromatic rings. The minimum atomic E-state index is 0. The molecular formula is C17H28IN3OS. The van der Waals surface area contributed by atoms with E-state index < -0.39 is 0 Å². The summed E-state index contributed by atoms with van der Waals surface area (Å²) in [6.45, 7) is 6.94. The summed E-state index contributed by atoms with van der Waals surface area (Å²) in [6.07, 6.45) is 2.18. The van der Waals surface area contributed by atoms with Crippen molar-refractivity contribution in [1.82, 2.24) is 10.6 Å². The summed E-state index contributed by atoms with van der Waals surface area (Å²) in [5.41, 5.74) is 0.0623. The number of aliphatic hydroxyl groups excluding tert-OH is 1. The Morgan fingerprint density at radius 1 is 1.30 bits per heavy atom. The summed E-state index contributed by atoms with van der Waals surface area (Å²) in [5, 5.41) is 16.5. The molecule has 0 aromatic heterocycles. The maximum absolute atomic E-state index is 9.37. The van der Waals surface area contributed by atoms with Gasteiger partial charge in [0, 0.05) is 28.6 Å². The summed E-state index contributed by atoms with van der Waals surface area (Å²) in [5.74, 6) is 0.850. The molecule has 0 amide bonds. The van der Waals surface area contributed by atoms with Gasteiger partial charge in [0.15, 0.2) is 5.96 Å². The van der Waals surface area contributed by atoms with Gasteiger partial charge in [-0.05, 0) is 31.9 Å². The van der Waals surface area contributed by atoms with E-state index >= 15 is 0 Å². The van der Waals surface area contributed by atoms with Gasteiger partial charge in [-0.3, -0.25) is 4.99 Å². The van der Waals surface area contributed by atoms with Crippen LogP contribution in [0, 0.1) is 5.41 Å². The molecule has 0 heterocycles. The Hall–Kier alpha value is -0.470. The second-order valence-corrected chi connectivity index (χ2v) is 7.49. The van der Waals surface area contributed by atoms with Crippen LogP contribution in [-0.2, 0) is 0 Å². The highest BCUT2D eigenvalue weighted by Gasteiger charge is 2.41. The van der Waals surface area contributed by atoms with Crippen molar-refractivity contribution in [2.24, 2.45) is 10.4 Å². The fraction of sp³-hybridized carbons (Fsp3) is 0.588. The second-order valence-electron chi connectivity index (χ2n) is 5.98. The standard InChI is InChI=1S/C17H27N3OS.HI/c1-3-18-16(20-12-17(13-21)9-10-17)19-11-14(2)22-15-7-5-4-6-8-15;/h4-8,14,21H,3,9-13H2,1-2H3,(H2,18,19,20);1H. The van der Waals surface area contributed by atoms with Crippen molar-refractivity contribution in [3.63, 3.8) is 0 Å². The number of halogens is 1. The van der Waals surface area contributed by atoms with E-state index in [1.807, 2.05) is 17.8 Å². The van der Waals surface area contributed by atoms with Gasteiger partial charge in [0.05, 0.1) is 13.2 Å². The average molecular weight is 449 g/mol. The van der Waals surface area contributed by atoms with Crippen molar-refractivity contribution >= 4 is 41.7 Å². The Kier molecular flexibility index (Phi) is 9.31. The molecule has 4 nitrogen and oxygen atoms in total. The molecule has 1 saturated carbocycles. The van der Waals surface area contributed by atoms with Gasteiger partial charge in [-0.1, -0.05) is 25.1 Å². The predicted octanol–water partition coefficient (Wildman–Crippen LogP) is 3.11. The van der Waals surface area contributed by atoms with Crippen LogP contribution in [-0.4, -0.2) is 42.6 Å². The number of aliphatic hydroxyl groups is 1. The van der Waals surface area contributed by atoms with Crippen molar-refractivity contribution in [2.75, 3.05) is 26.2 Å². The summed E-state index contributed by atoms with van der Waals surface area (Å²) in [4.78, 5) is 5.91. The Balaban J connectivity index is 0.00000264. The van der Waals surface area contributed by atoms with Crippen molar-refractivity contribution in [3.05, 3.63) is 30.3 Å². The fourth-order valence-electron chi connectivity index (χ4n) is 2.14. The number of guanidine groups is 1. The molecule has 0 aliphatic heterocycles. The third kappa shape index (κ3) is 7.30. The van der Waals surface area contributed by atoms with E-state index in [0.29, 0.717) is 11.8 Å². The van der Waals surface area contributed by atoms with Crippen molar-refractivity contribution < 1.29 is 5.11 Å². The maximum Gasteiger partial charge on any atom is 0.191 e. The van der Waals surface area contributed by atoms with Crippen LogP contribution in [0.1, 0.15) is 26.7 Å². The molecule has 1 aliphatic rings. The first-order valence-electron chi connectivity index (χ1n) is 8.02. The van der Waals surface area contributed by atoms with Gasteiger partial charge in [-0.25, -0.2) is 0 Å². The Bertz CT molecular complexity index is 480. The molecule has 3 N–H and O–H groups in total. The van der Waals surface area contributed by atoms with E-state index in [0.717, 1.165) is 31.9 Å². The molecule has 0 saturated heterocycles. The molecule has 1 aromatic carbocycles. The maximum atomic E-state index is 9.37. The van der Waals surface area contributed by atoms with Crippen LogP contribution in [0.3, 0.4) is 0 Å². The minimum Gasteiger partial charge on any atom is -0.396 e. The van der Waals surface area contributed by atoms with Crippen LogP contribution in [0.15, 0.2) is 40.2 Å². The van der Waals surface area contributed by atoms with Crippen molar-refractivity contribution in [3.8, 4) is 0 Å². The van der Waals surface area contributed by atoms with E-state index in [1.165, 1.54) is 4.90 Å². The van der Waals surface area contributed by atoms with Crippen LogP contribution in [0.4, 0.5) is 0 Å². The monoisotopic (exact) mass is 449 g/mol. The summed E-state index contributed by atoms with van der Waals surface area (Å²) < 4.78 is 0. The molecule has 1 atom stereocenters. The van der Waals surface area contributed by atoms with Gasteiger partial charge >= 0.3 is 0 Å². The number of nitrogens with one attached hydrogen (secondary N) is 2. The van der Waals surface area contributed by atoms with Gasteiger partial charge < -0.3 is 15.7 Å². The highest BCUT2D eigenvalue weighted by Crippen LogP contribution is 2.45. The first-order valence-corrected chi connectivity index (χ1v) is 8.90. The van der Waals surface area contributed by atoms with E-state index in [1.54, 1.807) is 0 Å². The lowest BCUT2D eigenvalue weighted by Crippen LogP contribution is -2.40. The number of benzene rings is 1. The van der Waals surface area contributed by atoms with Crippen molar-refractivity contribution in [1.29, 1.82) is 0 Å². The van der Waals surface area contributed by atoms with Crippen LogP contribution in [0.25, 0.3) is 0 Å². The zero-order chi connectivity index (χ0) is 15.8. The Morgan fingerprint density at radius 3 is 2.57 bits per heavy atom. The number of rotatable bonds is 8. The number of thioether (sulfide) groups is 1. The third-order valence-electron chi connectivity index (χ3n) is 3.85. The van der Waals surface area contributed by atoms with Gasteiger partial charge in [0.1, 0.15) is 0 Å². The highest BCUT2D eigenvalue weighted by atomic mass is 127. The number of hydrogen-bond acceptors (Lipinski definition) is 3. The molecular weight excluding hydrogens is 421 g/mol. The summed E-state index contributed by atoms with van der Waals surface area (Å²) in [7, 11) is 0. The topological polar surface area (TPSA) is 56.7 Å². The highest BCUT2D eigenvalue weighted by molar-refractivity contribution is 14.0. The van der Waals surface area contributed by atoms with Crippen LogP contribution in [0.2, 0.25) is 0 Å². The second kappa shape index (κ2) is 10.4. The van der Waals surface area contributed by atoms with E-state index in [-0.39, 0.29) is 36.0 Å². The lowest BCUT2D eigenvalue weighted by molar-refractivity contribution is 0.217. The number of hydrogen-bond donors (Lipinski definition) is 3. The molecule has 0 radical (unpaired) electrons. The third-order valence-corrected chi connectivity index (χ3v) is 4.96. The quantitative estimate of drug-likeness (QED) is 0.247. The first-order chi connectivity index (χ1) is 10.7. The molecule has 130 valence electrons. The molecule has 0 spiro atoms. The molecule has 2 rings (SSSR count). The lowest BCUT2D eigenvalue weighted by Gasteiger charge is -2.17. The largest absolute Gasteiger partial charge is 0.396 e. The number of aliphatic imine (C=N–C) groups is 1. The first kappa shape index (κ1) is 20.6. The molecule has 23 heavy (non-hydrogen) atoms. The molecule has 1 aliphatic carbocycles. The zero-order valence-electron chi connectivity index (χ0n) is 13.9. The van der Waals surface area contributed by atoms with Crippen LogP contribution < -0.4 is 10.6 Å². The smallest absolute Gasteiger partial charge is 0.191 e. The summed E-state index contributed by atoms with van der Waals surface area (Å²) in [6, 6.07) is 10.4. The van der Waals surface area contributed by atoms with Gasteiger partial charge in [-0.2, -0.15) is 0 Å². The molecule has 0 bridgehead atoms. The van der Waals surface area contributed by atoms with Gasteiger partial charge in [0.25, 0.3) is 0 Å². The molecule has 6 heteroatoms. The predicted molar refractivity (Wildman–Crippen MR) is 110 cm³/mol. The normalized spacial score (nSPS) is 17.1. The molecule has 1 unspecified atom stereocenters. The van der Waals surface area contributed by atoms with Crippen molar-refractivity contribution in [2.45, 2.75) is 36.8 Å². The van der Waals surface area contributed by atoms with E-state index in [9.17, 15) is 5.11 Å². The number of nitrogens with zero attached hydrogens (tertiary/aromatic N) is 1. The molecule has 1 fully saturated rings. The van der Waals surface area contributed by atoms with E-state index in [4.69, 9.17) is 0 Å². The van der Waals surface area contributed by atoms with Crippen LogP contribution >= 0.6 is 35.7 Å². The Morgan fingerprint density at radius 2 is 2.00 bits per heavy atom. The Labute approximate surface area is 160 Å². The van der Waals surface area contributed by atoms with Gasteiger partial charge in [-0.15, -0.1) is 35.7 Å². The van der Waals surface area contributed by atoms with Crippen LogP contribution in [0.5, 0.6) is 0 Å². The van der Waals surface area contributed by atoms with Gasteiger partial charge in [0.2, 0.25) is 0 Å². The SMILES string of the molecule is CCNC(=NCC1(CO)CC1)NCC(C)Sc1ccccc1.I. The minimum absolute atomic E-state index is 0. The average Bonchev–Trinajstić information content (AvgIpc) is 3.32. The van der Waals surface area contributed by atoms with E-state index in [2.05, 4.69) is 53.7 Å². The summed E-state index contributed by atoms with van der Waals surface area (Å²) >= 11 is 1.86.